The maximum Gasteiger partial charge on any atom is 0.265 e. The summed E-state index contributed by atoms with van der Waals surface area (Å²) >= 11 is 2.80. The van der Waals surface area contributed by atoms with E-state index in [9.17, 15) is 9.59 Å². The van der Waals surface area contributed by atoms with E-state index in [4.69, 9.17) is 9.47 Å². The van der Waals surface area contributed by atoms with Crippen LogP contribution < -0.4 is 20.1 Å². The van der Waals surface area contributed by atoms with Crippen LogP contribution in [-0.4, -0.2) is 31.8 Å². The van der Waals surface area contributed by atoms with Crippen LogP contribution in [0, 0.1) is 0 Å². The summed E-state index contributed by atoms with van der Waals surface area (Å²) in [6.07, 6.45) is 0. The number of methoxy groups -OCH3 is 2. The Labute approximate surface area is 177 Å². The van der Waals surface area contributed by atoms with Crippen molar-refractivity contribution in [2.45, 2.75) is 4.90 Å². The van der Waals surface area contributed by atoms with Gasteiger partial charge in [0.15, 0.2) is 0 Å². The van der Waals surface area contributed by atoms with Gasteiger partial charge in [-0.15, -0.1) is 23.1 Å². The molecule has 29 heavy (non-hydrogen) atoms. The van der Waals surface area contributed by atoms with E-state index >= 15 is 0 Å². The summed E-state index contributed by atoms with van der Waals surface area (Å²) in [6, 6.07) is 16.2. The normalized spacial score (nSPS) is 10.3. The Hall–Kier alpha value is -2.97. The zero-order chi connectivity index (χ0) is 20.6. The number of thioether (sulfide) groups is 1. The first-order chi connectivity index (χ1) is 14.1. The van der Waals surface area contributed by atoms with Crippen molar-refractivity contribution in [1.82, 2.24) is 0 Å². The molecule has 2 N–H and O–H groups in total. The van der Waals surface area contributed by atoms with Crippen LogP contribution in [0.1, 0.15) is 9.67 Å². The van der Waals surface area contributed by atoms with Crippen LogP contribution in [0.5, 0.6) is 11.5 Å². The molecule has 6 nitrogen and oxygen atoms in total. The van der Waals surface area contributed by atoms with Crippen molar-refractivity contribution in [2.24, 2.45) is 0 Å². The van der Waals surface area contributed by atoms with E-state index in [0.29, 0.717) is 27.8 Å². The van der Waals surface area contributed by atoms with Crippen LogP contribution >= 0.6 is 23.1 Å². The molecule has 1 aromatic heterocycles. The van der Waals surface area contributed by atoms with Crippen molar-refractivity contribution in [3.05, 3.63) is 64.9 Å². The average Bonchev–Trinajstić information content (AvgIpc) is 3.28. The Morgan fingerprint density at radius 1 is 0.931 bits per heavy atom. The monoisotopic (exact) mass is 428 g/mol. The molecule has 0 aliphatic carbocycles. The number of ether oxygens (including phenoxy) is 2. The SMILES string of the molecule is COc1cc(NC(=O)CSc2ccc(NC(=O)c3cccs3)cc2)cc(OC)c1. The number of thiophene rings is 1. The van der Waals surface area contributed by atoms with Gasteiger partial charge in [-0.1, -0.05) is 6.07 Å². The molecule has 0 radical (unpaired) electrons. The Kier molecular flexibility index (Phi) is 7.15. The second kappa shape index (κ2) is 9.99. The van der Waals surface area contributed by atoms with Gasteiger partial charge in [0.05, 0.1) is 24.8 Å². The predicted molar refractivity (Wildman–Crippen MR) is 118 cm³/mol. The standard InChI is InChI=1S/C21H20N2O4S2/c1-26-16-10-15(11-17(12-16)27-2)22-20(24)13-29-18-7-5-14(6-8-18)23-21(25)19-4-3-9-28-19/h3-12H,13H2,1-2H3,(H,22,24)(H,23,25). The molecule has 2 amide bonds. The lowest BCUT2D eigenvalue weighted by Gasteiger charge is -2.10. The Bertz CT molecular complexity index is 951. The smallest absolute Gasteiger partial charge is 0.265 e. The molecule has 3 aromatic rings. The Balaban J connectivity index is 1.52. The number of carbonyl (C=O) groups is 2. The summed E-state index contributed by atoms with van der Waals surface area (Å²) in [5, 5.41) is 7.55. The first-order valence-corrected chi connectivity index (χ1v) is 10.5. The minimum Gasteiger partial charge on any atom is -0.497 e. The highest BCUT2D eigenvalue weighted by atomic mass is 32.2. The third-order valence-corrected chi connectivity index (χ3v) is 5.74. The van der Waals surface area contributed by atoms with Crippen molar-refractivity contribution in [1.29, 1.82) is 0 Å². The molecule has 0 aliphatic rings. The minimum absolute atomic E-state index is 0.131. The molecular formula is C21H20N2O4S2. The summed E-state index contributed by atoms with van der Waals surface area (Å²) in [5.74, 6) is 1.19. The van der Waals surface area contributed by atoms with Gasteiger partial charge in [-0.2, -0.15) is 0 Å². The van der Waals surface area contributed by atoms with Crippen LogP contribution in [-0.2, 0) is 4.79 Å². The molecule has 1 heterocycles. The third-order valence-electron chi connectivity index (χ3n) is 3.86. The van der Waals surface area contributed by atoms with Gasteiger partial charge < -0.3 is 20.1 Å². The van der Waals surface area contributed by atoms with Crippen LogP contribution in [0.15, 0.2) is 64.9 Å². The predicted octanol–water partition coefficient (Wildman–Crippen LogP) is 4.75. The second-order valence-electron chi connectivity index (χ2n) is 5.89. The van der Waals surface area contributed by atoms with Gasteiger partial charge in [-0.05, 0) is 35.7 Å². The van der Waals surface area contributed by atoms with Gasteiger partial charge in [0, 0.05) is 34.5 Å². The molecule has 2 aromatic carbocycles. The van der Waals surface area contributed by atoms with E-state index in [-0.39, 0.29) is 17.6 Å². The molecule has 0 spiro atoms. The zero-order valence-corrected chi connectivity index (χ0v) is 17.6. The van der Waals surface area contributed by atoms with E-state index < -0.39 is 0 Å². The van der Waals surface area contributed by atoms with Gasteiger partial charge >= 0.3 is 0 Å². The second-order valence-corrected chi connectivity index (χ2v) is 7.89. The number of amides is 2. The van der Waals surface area contributed by atoms with Gasteiger partial charge in [0.1, 0.15) is 11.5 Å². The van der Waals surface area contributed by atoms with E-state index in [1.54, 1.807) is 38.5 Å². The van der Waals surface area contributed by atoms with Gasteiger partial charge in [0.25, 0.3) is 5.91 Å². The summed E-state index contributed by atoms with van der Waals surface area (Å²) in [4.78, 5) is 25.9. The van der Waals surface area contributed by atoms with E-state index in [0.717, 1.165) is 4.90 Å². The van der Waals surface area contributed by atoms with Gasteiger partial charge in [-0.3, -0.25) is 9.59 Å². The maximum atomic E-state index is 12.3. The number of carbonyl (C=O) groups excluding carboxylic acids is 2. The average molecular weight is 429 g/mol. The first-order valence-electron chi connectivity index (χ1n) is 8.68. The number of benzene rings is 2. The molecule has 0 bridgehead atoms. The lowest BCUT2D eigenvalue weighted by molar-refractivity contribution is -0.113. The number of anilines is 2. The van der Waals surface area contributed by atoms with Gasteiger partial charge in [0.2, 0.25) is 5.91 Å². The van der Waals surface area contributed by atoms with Crippen LogP contribution in [0.25, 0.3) is 0 Å². The highest BCUT2D eigenvalue weighted by molar-refractivity contribution is 8.00. The summed E-state index contributed by atoms with van der Waals surface area (Å²) in [5.41, 5.74) is 1.32. The van der Waals surface area contributed by atoms with Crippen LogP contribution in [0.3, 0.4) is 0 Å². The lowest BCUT2D eigenvalue weighted by atomic mass is 10.2. The van der Waals surface area contributed by atoms with Crippen molar-refractivity contribution < 1.29 is 19.1 Å². The Morgan fingerprint density at radius 2 is 1.62 bits per heavy atom. The highest BCUT2D eigenvalue weighted by Gasteiger charge is 2.09. The van der Waals surface area contributed by atoms with Crippen LogP contribution in [0.4, 0.5) is 11.4 Å². The Morgan fingerprint density at radius 3 is 2.21 bits per heavy atom. The molecule has 0 saturated heterocycles. The lowest BCUT2D eigenvalue weighted by Crippen LogP contribution is -2.14. The first kappa shape index (κ1) is 20.8. The number of hydrogen-bond acceptors (Lipinski definition) is 6. The fourth-order valence-corrected chi connectivity index (χ4v) is 3.78. The van der Waals surface area contributed by atoms with Gasteiger partial charge in [-0.25, -0.2) is 0 Å². The highest BCUT2D eigenvalue weighted by Crippen LogP contribution is 2.26. The molecule has 3 rings (SSSR count). The molecule has 0 saturated carbocycles. The summed E-state index contributed by atoms with van der Waals surface area (Å²) in [7, 11) is 3.12. The molecule has 0 aliphatic heterocycles. The van der Waals surface area contributed by atoms with Crippen molar-refractivity contribution in [3.8, 4) is 11.5 Å². The van der Waals surface area contributed by atoms with Crippen molar-refractivity contribution in [2.75, 3.05) is 30.6 Å². The quantitative estimate of drug-likeness (QED) is 0.507. The van der Waals surface area contributed by atoms with E-state index in [1.165, 1.54) is 23.1 Å². The molecular weight excluding hydrogens is 408 g/mol. The maximum absolute atomic E-state index is 12.3. The molecule has 150 valence electrons. The third kappa shape index (κ3) is 6.00. The van der Waals surface area contributed by atoms with Crippen molar-refractivity contribution in [3.63, 3.8) is 0 Å². The largest absolute Gasteiger partial charge is 0.497 e. The summed E-state index contributed by atoms with van der Waals surface area (Å²) < 4.78 is 10.4. The van der Waals surface area contributed by atoms with E-state index in [2.05, 4.69) is 10.6 Å². The summed E-state index contributed by atoms with van der Waals surface area (Å²) in [6.45, 7) is 0. The number of rotatable bonds is 8. The number of nitrogens with one attached hydrogen (secondary N) is 2. The molecule has 0 atom stereocenters. The zero-order valence-electron chi connectivity index (χ0n) is 15.9. The van der Waals surface area contributed by atoms with Crippen LogP contribution in [0.2, 0.25) is 0 Å². The fourth-order valence-electron chi connectivity index (χ4n) is 2.46. The molecule has 0 fully saturated rings. The topological polar surface area (TPSA) is 76.7 Å². The number of hydrogen-bond donors (Lipinski definition) is 2. The molecule has 8 heteroatoms. The molecule has 0 unspecified atom stereocenters. The van der Waals surface area contributed by atoms with E-state index in [1.807, 2.05) is 35.7 Å². The minimum atomic E-state index is -0.139. The van der Waals surface area contributed by atoms with Crippen molar-refractivity contribution >= 4 is 46.3 Å². The fraction of sp³-hybridized carbons (Fsp3) is 0.143.